The Bertz CT molecular complexity index is 394. The Labute approximate surface area is 91.4 Å². The molecule has 0 aromatic carbocycles. The summed E-state index contributed by atoms with van der Waals surface area (Å²) < 4.78 is 4.51. The van der Waals surface area contributed by atoms with E-state index in [1.54, 1.807) is 6.92 Å². The minimum atomic E-state index is -0.786. The number of amides is 2. The molecule has 0 aliphatic heterocycles. The number of pyridine rings is 1. The van der Waals surface area contributed by atoms with Crippen LogP contribution in [0.4, 0.5) is 4.79 Å². The first-order valence-corrected chi connectivity index (χ1v) is 4.52. The summed E-state index contributed by atoms with van der Waals surface area (Å²) in [6.07, 6.45) is 0.560. The summed E-state index contributed by atoms with van der Waals surface area (Å²) in [6, 6.07) is 2.79. The van der Waals surface area contributed by atoms with E-state index in [1.165, 1.54) is 18.3 Å². The summed E-state index contributed by atoms with van der Waals surface area (Å²) in [4.78, 5) is 25.9. The molecular formula is C9H11N3O4. The lowest BCUT2D eigenvalue weighted by Crippen LogP contribution is -2.42. The molecule has 0 aliphatic carbocycles. The number of hydrogen-bond donors (Lipinski definition) is 3. The maximum absolute atomic E-state index is 11.4. The van der Waals surface area contributed by atoms with Crippen LogP contribution in [0.3, 0.4) is 0 Å². The van der Waals surface area contributed by atoms with E-state index < -0.39 is 12.0 Å². The molecule has 7 nitrogen and oxygen atoms in total. The number of nitrogens with one attached hydrogen (secondary N) is 2. The van der Waals surface area contributed by atoms with E-state index in [0.29, 0.717) is 0 Å². The Hall–Kier alpha value is -2.31. The first-order valence-electron chi connectivity index (χ1n) is 4.52. The molecular weight excluding hydrogens is 214 g/mol. The Balaban J connectivity index is 2.54. The van der Waals surface area contributed by atoms with Crippen LogP contribution in [0.5, 0.6) is 5.75 Å². The molecule has 16 heavy (non-hydrogen) atoms. The lowest BCUT2D eigenvalue weighted by Gasteiger charge is -2.07. The maximum Gasteiger partial charge on any atom is 0.426 e. The van der Waals surface area contributed by atoms with Crippen LogP contribution in [0.2, 0.25) is 0 Å². The third-order valence-electron chi connectivity index (χ3n) is 1.56. The number of aromatic nitrogens is 1. The lowest BCUT2D eigenvalue weighted by atomic mass is 10.3. The standard InChI is InChI=1S/C9H11N3O4/c1-2-16-9(15)12-11-8(14)7-6(13)4-3-5-10-7/h3-5,13H,2H2,1H3,(H,11,14)(H,12,15). The fourth-order valence-corrected chi connectivity index (χ4v) is 0.906. The molecule has 0 saturated carbocycles. The van der Waals surface area contributed by atoms with Crippen molar-refractivity contribution >= 4 is 12.0 Å². The molecule has 0 saturated heterocycles. The minimum absolute atomic E-state index is 0.181. The van der Waals surface area contributed by atoms with Crippen molar-refractivity contribution in [3.63, 3.8) is 0 Å². The van der Waals surface area contributed by atoms with Gasteiger partial charge in [-0.15, -0.1) is 0 Å². The molecule has 3 N–H and O–H groups in total. The van der Waals surface area contributed by atoms with Gasteiger partial charge in [-0.25, -0.2) is 15.2 Å². The van der Waals surface area contributed by atoms with Crippen molar-refractivity contribution in [1.82, 2.24) is 15.8 Å². The quantitative estimate of drug-likeness (QED) is 0.623. The topological polar surface area (TPSA) is 101 Å². The van der Waals surface area contributed by atoms with Gasteiger partial charge in [-0.1, -0.05) is 0 Å². The minimum Gasteiger partial charge on any atom is -0.505 e. The second kappa shape index (κ2) is 5.54. The van der Waals surface area contributed by atoms with Crippen LogP contribution < -0.4 is 10.9 Å². The van der Waals surface area contributed by atoms with Gasteiger partial charge >= 0.3 is 6.09 Å². The third kappa shape index (κ3) is 3.12. The number of aromatic hydroxyl groups is 1. The highest BCUT2D eigenvalue weighted by atomic mass is 16.5. The molecule has 0 spiro atoms. The second-order valence-electron chi connectivity index (χ2n) is 2.67. The lowest BCUT2D eigenvalue weighted by molar-refractivity contribution is 0.0905. The van der Waals surface area contributed by atoms with Gasteiger partial charge in [-0.3, -0.25) is 10.2 Å². The Morgan fingerprint density at radius 1 is 1.50 bits per heavy atom. The van der Waals surface area contributed by atoms with Crippen molar-refractivity contribution in [2.45, 2.75) is 6.92 Å². The van der Waals surface area contributed by atoms with Gasteiger partial charge in [-0.05, 0) is 19.1 Å². The molecule has 0 atom stereocenters. The summed E-state index contributed by atoms with van der Waals surface area (Å²) in [5.74, 6) is -1.00. The molecule has 1 heterocycles. The smallest absolute Gasteiger partial charge is 0.426 e. The molecule has 0 radical (unpaired) electrons. The van der Waals surface area contributed by atoms with Crippen molar-refractivity contribution in [3.05, 3.63) is 24.0 Å². The van der Waals surface area contributed by atoms with E-state index in [2.05, 4.69) is 9.72 Å². The van der Waals surface area contributed by atoms with Gasteiger partial charge in [0, 0.05) is 6.20 Å². The molecule has 1 aromatic rings. The van der Waals surface area contributed by atoms with Gasteiger partial charge in [0.15, 0.2) is 5.69 Å². The first kappa shape index (κ1) is 11.8. The largest absolute Gasteiger partial charge is 0.505 e. The zero-order valence-electron chi connectivity index (χ0n) is 8.56. The van der Waals surface area contributed by atoms with Gasteiger partial charge < -0.3 is 9.84 Å². The van der Waals surface area contributed by atoms with Crippen LogP contribution >= 0.6 is 0 Å². The molecule has 7 heteroatoms. The van der Waals surface area contributed by atoms with Crippen LogP contribution in [0, 0.1) is 0 Å². The fourth-order valence-electron chi connectivity index (χ4n) is 0.906. The number of hydrogen-bond acceptors (Lipinski definition) is 5. The molecule has 86 valence electrons. The first-order chi connectivity index (χ1) is 7.65. The molecule has 1 aromatic heterocycles. The average molecular weight is 225 g/mol. The number of rotatable bonds is 2. The molecule has 0 fully saturated rings. The van der Waals surface area contributed by atoms with Crippen LogP contribution in [0.15, 0.2) is 18.3 Å². The number of carbonyl (C=O) groups excluding carboxylic acids is 2. The predicted molar refractivity (Wildman–Crippen MR) is 53.5 cm³/mol. The van der Waals surface area contributed by atoms with E-state index in [0.717, 1.165) is 0 Å². The Morgan fingerprint density at radius 2 is 2.25 bits per heavy atom. The van der Waals surface area contributed by atoms with Crippen LogP contribution in [0.25, 0.3) is 0 Å². The normalized spacial score (nSPS) is 9.31. The van der Waals surface area contributed by atoms with E-state index in [-0.39, 0.29) is 18.1 Å². The Kier molecular flexibility index (Phi) is 4.07. The predicted octanol–water partition coefficient (Wildman–Crippen LogP) is 0.178. The summed E-state index contributed by atoms with van der Waals surface area (Å²) in [6.45, 7) is 1.82. The SMILES string of the molecule is CCOC(=O)NNC(=O)c1ncccc1O. The summed E-state index contributed by atoms with van der Waals surface area (Å²) in [5.41, 5.74) is 3.85. The number of ether oxygens (including phenoxy) is 1. The molecule has 0 unspecified atom stereocenters. The zero-order chi connectivity index (χ0) is 12.0. The van der Waals surface area contributed by atoms with Gasteiger partial charge in [0.2, 0.25) is 0 Å². The van der Waals surface area contributed by atoms with Gasteiger partial charge in [0.05, 0.1) is 6.61 Å². The highest BCUT2D eigenvalue weighted by Gasteiger charge is 2.12. The highest BCUT2D eigenvalue weighted by Crippen LogP contribution is 2.11. The monoisotopic (exact) mass is 225 g/mol. The third-order valence-corrected chi connectivity index (χ3v) is 1.56. The van der Waals surface area contributed by atoms with Crippen molar-refractivity contribution in [1.29, 1.82) is 0 Å². The molecule has 0 aliphatic rings. The molecule has 0 bridgehead atoms. The molecule has 1 rings (SSSR count). The van der Waals surface area contributed by atoms with Crippen molar-refractivity contribution in [2.24, 2.45) is 0 Å². The van der Waals surface area contributed by atoms with E-state index >= 15 is 0 Å². The average Bonchev–Trinajstić information content (AvgIpc) is 2.27. The van der Waals surface area contributed by atoms with Crippen molar-refractivity contribution in [2.75, 3.05) is 6.61 Å². The van der Waals surface area contributed by atoms with Crippen LogP contribution in [-0.2, 0) is 4.74 Å². The van der Waals surface area contributed by atoms with Crippen molar-refractivity contribution in [3.8, 4) is 5.75 Å². The number of carbonyl (C=O) groups is 2. The highest BCUT2D eigenvalue weighted by molar-refractivity contribution is 5.95. The van der Waals surface area contributed by atoms with Crippen LogP contribution in [0.1, 0.15) is 17.4 Å². The van der Waals surface area contributed by atoms with Gasteiger partial charge in [-0.2, -0.15) is 0 Å². The van der Waals surface area contributed by atoms with Crippen molar-refractivity contribution < 1.29 is 19.4 Å². The van der Waals surface area contributed by atoms with Gasteiger partial charge in [0.1, 0.15) is 5.75 Å². The number of hydrazine groups is 1. The second-order valence-corrected chi connectivity index (χ2v) is 2.67. The molecule has 2 amide bonds. The summed E-state index contributed by atoms with van der Waals surface area (Å²) in [7, 11) is 0. The Morgan fingerprint density at radius 3 is 2.88 bits per heavy atom. The summed E-state index contributed by atoms with van der Waals surface area (Å²) >= 11 is 0. The van der Waals surface area contributed by atoms with Crippen LogP contribution in [-0.4, -0.2) is 28.7 Å². The van der Waals surface area contributed by atoms with E-state index in [1.807, 2.05) is 10.9 Å². The van der Waals surface area contributed by atoms with E-state index in [9.17, 15) is 14.7 Å². The number of nitrogens with zero attached hydrogens (tertiary/aromatic N) is 1. The fraction of sp³-hybridized carbons (Fsp3) is 0.222. The zero-order valence-corrected chi connectivity index (χ0v) is 8.56. The van der Waals surface area contributed by atoms with Gasteiger partial charge in [0.25, 0.3) is 5.91 Å². The maximum atomic E-state index is 11.4. The van der Waals surface area contributed by atoms with E-state index in [4.69, 9.17) is 0 Å². The summed E-state index contributed by atoms with van der Waals surface area (Å²) in [5, 5.41) is 9.28.